The van der Waals surface area contributed by atoms with Crippen LogP contribution in [0.2, 0.25) is 0 Å². The molecule has 126 valence electrons. The molecule has 0 spiro atoms. The van der Waals surface area contributed by atoms with Gasteiger partial charge in [-0.2, -0.15) is 13.2 Å². The smallest absolute Gasteiger partial charge is 0.303 e. The highest BCUT2D eigenvalue weighted by Gasteiger charge is 2.27. The van der Waals surface area contributed by atoms with E-state index in [1.165, 1.54) is 5.56 Å². The molecule has 0 amide bonds. The number of aryl methyl sites for hydroxylation is 1. The lowest BCUT2D eigenvalue weighted by molar-refractivity contribution is -0.138. The van der Waals surface area contributed by atoms with Gasteiger partial charge in [0.15, 0.2) is 0 Å². The lowest BCUT2D eigenvalue weighted by Crippen LogP contribution is -2.31. The maximum Gasteiger partial charge on any atom is 0.390 e. The summed E-state index contributed by atoms with van der Waals surface area (Å²) >= 11 is 0. The summed E-state index contributed by atoms with van der Waals surface area (Å²) in [5.41, 5.74) is 2.25. The van der Waals surface area contributed by atoms with E-state index in [0.29, 0.717) is 5.92 Å². The molecule has 1 rings (SSSR count). The molecule has 0 radical (unpaired) electrons. The molecular formula is C17H27F3N2. The number of alkyl halides is 3. The van der Waals surface area contributed by atoms with Crippen LogP contribution < -0.4 is 0 Å². The van der Waals surface area contributed by atoms with E-state index in [1.807, 2.05) is 31.0 Å². The molecule has 0 saturated carbocycles. The molecule has 0 N–H and O–H groups in total. The van der Waals surface area contributed by atoms with E-state index >= 15 is 0 Å². The van der Waals surface area contributed by atoms with Crippen LogP contribution in [-0.4, -0.2) is 35.7 Å². The van der Waals surface area contributed by atoms with Crippen LogP contribution in [-0.2, 0) is 6.42 Å². The Morgan fingerprint density at radius 2 is 1.95 bits per heavy atom. The molecule has 0 aliphatic heterocycles. The molecule has 0 aromatic carbocycles. The average molecular weight is 316 g/mol. The highest BCUT2D eigenvalue weighted by atomic mass is 19.4. The summed E-state index contributed by atoms with van der Waals surface area (Å²) in [5.74, 6) is 0.451. The molecule has 1 aromatic heterocycles. The Balaban J connectivity index is 2.39. The molecule has 1 atom stereocenters. The van der Waals surface area contributed by atoms with Gasteiger partial charge in [-0.05, 0) is 62.9 Å². The van der Waals surface area contributed by atoms with E-state index in [2.05, 4.69) is 18.0 Å². The van der Waals surface area contributed by atoms with Crippen LogP contribution in [0, 0.1) is 12.8 Å². The quantitative estimate of drug-likeness (QED) is 0.660. The van der Waals surface area contributed by atoms with Crippen LogP contribution in [0.15, 0.2) is 18.3 Å². The average Bonchev–Trinajstić information content (AvgIpc) is 2.41. The minimum absolute atomic E-state index is 0.110. The van der Waals surface area contributed by atoms with Crippen molar-refractivity contribution in [1.29, 1.82) is 0 Å². The second-order valence-corrected chi connectivity index (χ2v) is 6.11. The second kappa shape index (κ2) is 9.13. The van der Waals surface area contributed by atoms with Crippen molar-refractivity contribution in [3.05, 3.63) is 29.6 Å². The summed E-state index contributed by atoms with van der Waals surface area (Å²) in [4.78, 5) is 6.11. The van der Waals surface area contributed by atoms with Gasteiger partial charge in [0.1, 0.15) is 0 Å². The van der Waals surface area contributed by atoms with E-state index in [1.54, 1.807) is 0 Å². The summed E-state index contributed by atoms with van der Waals surface area (Å²) in [7, 11) is 0. The standard InChI is InChI=1S/C17H27F3N2/c1-4-9-22(11-7-17(18,19)20)10-6-14(2)12-16-5-8-21-15(3)13-16/h5,8,13-14H,4,6-7,9-12H2,1-3H3. The number of rotatable bonds is 9. The third-order valence-corrected chi connectivity index (χ3v) is 3.73. The van der Waals surface area contributed by atoms with Crippen molar-refractivity contribution < 1.29 is 13.2 Å². The van der Waals surface area contributed by atoms with Crippen molar-refractivity contribution in [2.24, 2.45) is 5.92 Å². The fourth-order valence-corrected chi connectivity index (χ4v) is 2.58. The van der Waals surface area contributed by atoms with E-state index < -0.39 is 12.6 Å². The monoisotopic (exact) mass is 316 g/mol. The number of pyridine rings is 1. The van der Waals surface area contributed by atoms with E-state index in [-0.39, 0.29) is 6.54 Å². The zero-order valence-electron chi connectivity index (χ0n) is 13.8. The van der Waals surface area contributed by atoms with Gasteiger partial charge in [0.2, 0.25) is 0 Å². The third-order valence-electron chi connectivity index (χ3n) is 3.73. The van der Waals surface area contributed by atoms with E-state index in [0.717, 1.165) is 38.0 Å². The number of hydrogen-bond acceptors (Lipinski definition) is 2. The van der Waals surface area contributed by atoms with Crippen molar-refractivity contribution in [3.8, 4) is 0 Å². The van der Waals surface area contributed by atoms with Crippen LogP contribution >= 0.6 is 0 Å². The van der Waals surface area contributed by atoms with Gasteiger partial charge >= 0.3 is 6.18 Å². The van der Waals surface area contributed by atoms with E-state index in [9.17, 15) is 13.2 Å². The molecule has 5 heteroatoms. The Labute approximate surface area is 131 Å². The fourth-order valence-electron chi connectivity index (χ4n) is 2.58. The number of nitrogens with zero attached hydrogens (tertiary/aromatic N) is 2. The summed E-state index contributed by atoms with van der Waals surface area (Å²) in [6, 6.07) is 4.08. The first-order valence-electron chi connectivity index (χ1n) is 8.00. The van der Waals surface area contributed by atoms with Gasteiger partial charge in [-0.1, -0.05) is 13.8 Å². The zero-order chi connectivity index (χ0) is 16.6. The molecule has 0 saturated heterocycles. The first-order valence-corrected chi connectivity index (χ1v) is 8.00. The topological polar surface area (TPSA) is 16.1 Å². The Bertz CT molecular complexity index is 432. The van der Waals surface area contributed by atoms with Crippen LogP contribution in [0.4, 0.5) is 13.2 Å². The molecule has 1 unspecified atom stereocenters. The molecule has 1 aromatic rings. The lowest BCUT2D eigenvalue weighted by atomic mass is 9.98. The predicted molar refractivity (Wildman–Crippen MR) is 83.9 cm³/mol. The molecule has 0 bridgehead atoms. The van der Waals surface area contributed by atoms with Crippen LogP contribution in [0.3, 0.4) is 0 Å². The lowest BCUT2D eigenvalue weighted by Gasteiger charge is -2.24. The summed E-state index contributed by atoms with van der Waals surface area (Å²) in [6.45, 7) is 7.70. The molecule has 0 aliphatic carbocycles. The SMILES string of the molecule is CCCN(CCC(C)Cc1ccnc(C)c1)CCC(F)(F)F. The van der Waals surface area contributed by atoms with Crippen LogP contribution in [0.5, 0.6) is 0 Å². The maximum atomic E-state index is 12.3. The number of hydrogen-bond donors (Lipinski definition) is 0. The van der Waals surface area contributed by atoms with Crippen molar-refractivity contribution in [2.45, 2.75) is 52.6 Å². The zero-order valence-corrected chi connectivity index (χ0v) is 13.8. The largest absolute Gasteiger partial charge is 0.390 e. The van der Waals surface area contributed by atoms with Gasteiger partial charge in [-0.25, -0.2) is 0 Å². The molecule has 0 aliphatic rings. The summed E-state index contributed by atoms with van der Waals surface area (Å²) in [6.07, 6.45) is -0.223. The molecule has 0 fully saturated rings. The highest BCUT2D eigenvalue weighted by Crippen LogP contribution is 2.20. The van der Waals surface area contributed by atoms with Gasteiger partial charge in [0, 0.05) is 18.4 Å². The van der Waals surface area contributed by atoms with Crippen molar-refractivity contribution >= 4 is 0 Å². The molecule has 22 heavy (non-hydrogen) atoms. The minimum Gasteiger partial charge on any atom is -0.303 e. The third kappa shape index (κ3) is 8.37. The number of aromatic nitrogens is 1. The van der Waals surface area contributed by atoms with Gasteiger partial charge < -0.3 is 4.90 Å². The van der Waals surface area contributed by atoms with Gasteiger partial charge in [0.25, 0.3) is 0 Å². The molecule has 1 heterocycles. The van der Waals surface area contributed by atoms with Gasteiger partial charge in [0.05, 0.1) is 6.42 Å². The molecule has 2 nitrogen and oxygen atoms in total. The first kappa shape index (κ1) is 18.9. The highest BCUT2D eigenvalue weighted by molar-refractivity contribution is 5.15. The summed E-state index contributed by atoms with van der Waals surface area (Å²) < 4.78 is 37.0. The Morgan fingerprint density at radius 1 is 1.23 bits per heavy atom. The fraction of sp³-hybridized carbons (Fsp3) is 0.706. The van der Waals surface area contributed by atoms with E-state index in [4.69, 9.17) is 0 Å². The molecular weight excluding hydrogens is 289 g/mol. The Kier molecular flexibility index (Phi) is 7.87. The number of halogens is 3. The Morgan fingerprint density at radius 3 is 2.55 bits per heavy atom. The van der Waals surface area contributed by atoms with Crippen molar-refractivity contribution in [1.82, 2.24) is 9.88 Å². The summed E-state index contributed by atoms with van der Waals surface area (Å²) in [5, 5.41) is 0. The minimum atomic E-state index is -4.06. The second-order valence-electron chi connectivity index (χ2n) is 6.11. The predicted octanol–water partition coefficient (Wildman–Crippen LogP) is 4.62. The van der Waals surface area contributed by atoms with Crippen molar-refractivity contribution in [2.75, 3.05) is 19.6 Å². The van der Waals surface area contributed by atoms with Crippen LogP contribution in [0.1, 0.15) is 44.4 Å². The first-order chi connectivity index (χ1) is 10.3. The van der Waals surface area contributed by atoms with Crippen molar-refractivity contribution in [3.63, 3.8) is 0 Å². The Hall–Kier alpha value is -1.10. The van der Waals surface area contributed by atoms with Crippen LogP contribution in [0.25, 0.3) is 0 Å². The van der Waals surface area contributed by atoms with Gasteiger partial charge in [-0.3, -0.25) is 4.98 Å². The maximum absolute atomic E-state index is 12.3. The normalized spacial score (nSPS) is 13.6. The van der Waals surface area contributed by atoms with Gasteiger partial charge in [-0.15, -0.1) is 0 Å².